The first-order valence-electron chi connectivity index (χ1n) is 4.96. The third-order valence-electron chi connectivity index (χ3n) is 2.08. The highest BCUT2D eigenvalue weighted by Crippen LogP contribution is 2.18. The highest BCUT2D eigenvalue weighted by molar-refractivity contribution is 7.98. The number of hydrogen-bond donors (Lipinski definition) is 1. The lowest BCUT2D eigenvalue weighted by molar-refractivity contribution is 1.11. The zero-order valence-corrected chi connectivity index (χ0v) is 10.1. The van der Waals surface area contributed by atoms with Crippen LogP contribution in [0.15, 0.2) is 54.0 Å². The first kappa shape index (κ1) is 11.9. The van der Waals surface area contributed by atoms with Gasteiger partial charge in [0.15, 0.2) is 0 Å². The van der Waals surface area contributed by atoms with E-state index in [1.807, 2.05) is 19.1 Å². The van der Waals surface area contributed by atoms with Crippen molar-refractivity contribution in [2.24, 2.45) is 0 Å². The van der Waals surface area contributed by atoms with Crippen LogP contribution in [0.1, 0.15) is 6.92 Å². The Morgan fingerprint density at radius 3 is 2.47 bits per heavy atom. The number of benzene rings is 1. The van der Waals surface area contributed by atoms with Crippen LogP contribution in [0, 0.1) is 0 Å². The first-order chi connectivity index (χ1) is 7.30. The van der Waals surface area contributed by atoms with Crippen LogP contribution in [0.2, 0.25) is 0 Å². The van der Waals surface area contributed by atoms with Crippen molar-refractivity contribution in [3.05, 3.63) is 49.1 Å². The van der Waals surface area contributed by atoms with E-state index in [4.69, 9.17) is 0 Å². The molecule has 1 atom stereocenters. The molecule has 0 aliphatic rings. The summed E-state index contributed by atoms with van der Waals surface area (Å²) in [6.07, 6.45) is 8.07. The van der Waals surface area contributed by atoms with Gasteiger partial charge in [-0.2, -0.15) is 0 Å². The second kappa shape index (κ2) is 6.36. The van der Waals surface area contributed by atoms with Gasteiger partial charge in [0.2, 0.25) is 0 Å². The molecule has 0 unspecified atom stereocenters. The monoisotopic (exact) mass is 219 g/mol. The summed E-state index contributed by atoms with van der Waals surface area (Å²) in [7, 11) is 0. The van der Waals surface area contributed by atoms with Crippen LogP contribution in [0.25, 0.3) is 0 Å². The predicted octanol–water partition coefficient (Wildman–Crippen LogP) is 3.95. The van der Waals surface area contributed by atoms with Crippen molar-refractivity contribution in [3.63, 3.8) is 0 Å². The van der Waals surface area contributed by atoms with E-state index in [-0.39, 0.29) is 6.04 Å². The fourth-order valence-electron chi connectivity index (χ4n) is 1.27. The Bertz CT molecular complexity index is 327. The molecule has 0 saturated heterocycles. The van der Waals surface area contributed by atoms with Gasteiger partial charge in [0.05, 0.1) is 6.04 Å². The third kappa shape index (κ3) is 3.84. The number of anilines is 1. The summed E-state index contributed by atoms with van der Waals surface area (Å²) in [5.74, 6) is 0. The molecule has 0 aliphatic heterocycles. The highest BCUT2D eigenvalue weighted by atomic mass is 32.2. The SMILES string of the molecule is C=C[C@@H](/C=C/C)Nc1ccc(SC)cc1. The summed E-state index contributed by atoms with van der Waals surface area (Å²) in [6.45, 7) is 5.80. The van der Waals surface area contributed by atoms with Gasteiger partial charge in [0.25, 0.3) is 0 Å². The Balaban J connectivity index is 2.66. The lowest BCUT2D eigenvalue weighted by Crippen LogP contribution is -2.12. The van der Waals surface area contributed by atoms with E-state index in [2.05, 4.69) is 48.5 Å². The van der Waals surface area contributed by atoms with Gasteiger partial charge in [-0.1, -0.05) is 18.2 Å². The Morgan fingerprint density at radius 1 is 1.33 bits per heavy atom. The summed E-state index contributed by atoms with van der Waals surface area (Å²) in [5.41, 5.74) is 1.12. The van der Waals surface area contributed by atoms with Gasteiger partial charge >= 0.3 is 0 Å². The van der Waals surface area contributed by atoms with Gasteiger partial charge in [-0.05, 0) is 37.4 Å². The van der Waals surface area contributed by atoms with Crippen LogP contribution in [-0.2, 0) is 0 Å². The van der Waals surface area contributed by atoms with Crippen molar-refractivity contribution in [1.82, 2.24) is 0 Å². The summed E-state index contributed by atoms with van der Waals surface area (Å²) in [5, 5.41) is 3.37. The van der Waals surface area contributed by atoms with E-state index in [1.165, 1.54) is 4.90 Å². The summed E-state index contributed by atoms with van der Waals surface area (Å²) in [4.78, 5) is 1.28. The maximum Gasteiger partial charge on any atom is 0.0625 e. The summed E-state index contributed by atoms with van der Waals surface area (Å²) >= 11 is 1.75. The quantitative estimate of drug-likeness (QED) is 0.594. The Hall–Kier alpha value is -1.15. The van der Waals surface area contributed by atoms with Crippen LogP contribution < -0.4 is 5.32 Å². The van der Waals surface area contributed by atoms with Crippen molar-refractivity contribution in [3.8, 4) is 0 Å². The van der Waals surface area contributed by atoms with Gasteiger partial charge in [-0.3, -0.25) is 0 Å². The zero-order valence-electron chi connectivity index (χ0n) is 9.23. The van der Waals surface area contributed by atoms with Gasteiger partial charge in [-0.15, -0.1) is 18.3 Å². The molecule has 1 rings (SSSR count). The van der Waals surface area contributed by atoms with E-state index in [9.17, 15) is 0 Å². The second-order valence-corrected chi connectivity index (χ2v) is 4.04. The molecule has 0 bridgehead atoms. The Labute approximate surface area is 96.3 Å². The average molecular weight is 219 g/mol. The number of thioether (sulfide) groups is 1. The van der Waals surface area contributed by atoms with Gasteiger partial charge in [-0.25, -0.2) is 0 Å². The molecule has 0 aliphatic carbocycles. The fraction of sp³-hybridized carbons (Fsp3) is 0.231. The molecule has 0 amide bonds. The molecule has 0 spiro atoms. The molecule has 2 heteroatoms. The topological polar surface area (TPSA) is 12.0 Å². The maximum atomic E-state index is 3.79. The number of rotatable bonds is 5. The lowest BCUT2D eigenvalue weighted by Gasteiger charge is -2.12. The second-order valence-electron chi connectivity index (χ2n) is 3.16. The molecular formula is C13H17NS. The molecule has 1 aromatic carbocycles. The van der Waals surface area contributed by atoms with Crippen LogP contribution in [0.5, 0.6) is 0 Å². The first-order valence-corrected chi connectivity index (χ1v) is 6.18. The van der Waals surface area contributed by atoms with E-state index in [0.29, 0.717) is 0 Å². The normalized spacial score (nSPS) is 12.7. The van der Waals surface area contributed by atoms with Gasteiger partial charge in [0.1, 0.15) is 0 Å². The predicted molar refractivity (Wildman–Crippen MR) is 70.6 cm³/mol. The molecule has 1 N–H and O–H groups in total. The van der Waals surface area contributed by atoms with Crippen molar-refractivity contribution >= 4 is 17.4 Å². The van der Waals surface area contributed by atoms with Gasteiger partial charge < -0.3 is 5.32 Å². The molecule has 15 heavy (non-hydrogen) atoms. The minimum absolute atomic E-state index is 0.204. The van der Waals surface area contributed by atoms with Crippen LogP contribution in [0.4, 0.5) is 5.69 Å². The van der Waals surface area contributed by atoms with Gasteiger partial charge in [0, 0.05) is 10.6 Å². The minimum atomic E-state index is 0.204. The maximum absolute atomic E-state index is 3.79. The molecule has 1 aromatic rings. The lowest BCUT2D eigenvalue weighted by atomic mass is 10.2. The molecule has 1 nitrogen and oxygen atoms in total. The summed E-state index contributed by atoms with van der Waals surface area (Å²) < 4.78 is 0. The third-order valence-corrected chi connectivity index (χ3v) is 2.82. The zero-order chi connectivity index (χ0) is 11.1. The number of allylic oxidation sites excluding steroid dienone is 1. The largest absolute Gasteiger partial charge is 0.375 e. The Kier molecular flexibility index (Phi) is 5.05. The van der Waals surface area contributed by atoms with Crippen molar-refractivity contribution in [1.29, 1.82) is 0 Å². The van der Waals surface area contributed by atoms with E-state index in [1.54, 1.807) is 11.8 Å². The molecule has 0 heterocycles. The average Bonchev–Trinajstić information content (AvgIpc) is 2.29. The molecule has 0 saturated carbocycles. The van der Waals surface area contributed by atoms with Crippen molar-refractivity contribution < 1.29 is 0 Å². The molecular weight excluding hydrogens is 202 g/mol. The molecule has 0 fully saturated rings. The van der Waals surface area contributed by atoms with Crippen LogP contribution >= 0.6 is 11.8 Å². The van der Waals surface area contributed by atoms with Crippen molar-refractivity contribution in [2.75, 3.05) is 11.6 Å². The standard InChI is InChI=1S/C13H17NS/c1-4-6-11(5-2)14-12-7-9-13(15-3)10-8-12/h4-11,14H,2H2,1,3H3/b6-4+/t11-/m0/s1. The molecule has 80 valence electrons. The highest BCUT2D eigenvalue weighted by Gasteiger charge is 1.98. The molecule has 0 aromatic heterocycles. The van der Waals surface area contributed by atoms with Crippen molar-refractivity contribution in [2.45, 2.75) is 17.9 Å². The number of nitrogens with one attached hydrogen (secondary N) is 1. The summed E-state index contributed by atoms with van der Waals surface area (Å²) in [6, 6.07) is 8.61. The minimum Gasteiger partial charge on any atom is -0.375 e. The van der Waals surface area contributed by atoms with Crippen LogP contribution in [0.3, 0.4) is 0 Å². The van der Waals surface area contributed by atoms with Crippen LogP contribution in [-0.4, -0.2) is 12.3 Å². The van der Waals surface area contributed by atoms with E-state index < -0.39 is 0 Å². The Morgan fingerprint density at radius 2 is 2.00 bits per heavy atom. The molecule has 0 radical (unpaired) electrons. The van der Waals surface area contributed by atoms with E-state index in [0.717, 1.165) is 5.69 Å². The van der Waals surface area contributed by atoms with E-state index >= 15 is 0 Å². The number of hydrogen-bond acceptors (Lipinski definition) is 2. The smallest absolute Gasteiger partial charge is 0.0625 e. The fourth-order valence-corrected chi connectivity index (χ4v) is 1.68.